The Morgan fingerprint density at radius 3 is 2.48 bits per heavy atom. The number of benzene rings is 2. The van der Waals surface area contributed by atoms with Gasteiger partial charge in [0.2, 0.25) is 0 Å². The molecule has 2 aromatic carbocycles. The lowest BCUT2D eigenvalue weighted by molar-refractivity contribution is 0.102. The van der Waals surface area contributed by atoms with E-state index in [1.165, 1.54) is 0 Å². The maximum absolute atomic E-state index is 12.6. The summed E-state index contributed by atoms with van der Waals surface area (Å²) in [5.74, 6) is 0.521. The SMILES string of the molecule is COCCOc1ccc(NC(=O)c2cnn(-c3ccc(Br)cc3)c2C)cc1. The van der Waals surface area contributed by atoms with Crippen LogP contribution in [0.15, 0.2) is 59.2 Å². The lowest BCUT2D eigenvalue weighted by atomic mass is 10.2. The van der Waals surface area contributed by atoms with Crippen LogP contribution in [0.25, 0.3) is 5.69 Å². The molecule has 140 valence electrons. The van der Waals surface area contributed by atoms with Crippen LogP contribution < -0.4 is 10.1 Å². The number of anilines is 1. The van der Waals surface area contributed by atoms with Crippen molar-refractivity contribution in [2.24, 2.45) is 0 Å². The number of ether oxygens (including phenoxy) is 2. The number of aromatic nitrogens is 2. The molecule has 0 aliphatic heterocycles. The number of amides is 1. The molecule has 0 unspecified atom stereocenters. The molecule has 1 amide bonds. The molecule has 0 fully saturated rings. The number of hydrogen-bond donors (Lipinski definition) is 1. The zero-order valence-corrected chi connectivity index (χ0v) is 16.7. The van der Waals surface area contributed by atoms with E-state index in [1.807, 2.05) is 43.3 Å². The number of carbonyl (C=O) groups excluding carboxylic acids is 1. The van der Waals surface area contributed by atoms with E-state index in [2.05, 4.69) is 26.3 Å². The molecule has 0 radical (unpaired) electrons. The summed E-state index contributed by atoms with van der Waals surface area (Å²) >= 11 is 3.42. The lowest BCUT2D eigenvalue weighted by Gasteiger charge is -2.08. The van der Waals surface area contributed by atoms with Crippen LogP contribution in [0.5, 0.6) is 5.75 Å². The largest absolute Gasteiger partial charge is 0.491 e. The van der Waals surface area contributed by atoms with Crippen molar-refractivity contribution in [1.82, 2.24) is 9.78 Å². The second-order valence-corrected chi connectivity index (χ2v) is 6.77. The molecular formula is C20H20BrN3O3. The van der Waals surface area contributed by atoms with Crippen LogP contribution in [0.1, 0.15) is 16.1 Å². The molecule has 0 spiro atoms. The van der Waals surface area contributed by atoms with Crippen LogP contribution in [-0.4, -0.2) is 36.0 Å². The summed E-state index contributed by atoms with van der Waals surface area (Å²) in [7, 11) is 1.63. The Hall–Kier alpha value is -2.64. The molecule has 3 rings (SSSR count). The summed E-state index contributed by atoms with van der Waals surface area (Å²) in [4.78, 5) is 12.6. The second-order valence-electron chi connectivity index (χ2n) is 5.85. The summed E-state index contributed by atoms with van der Waals surface area (Å²) in [6.07, 6.45) is 1.58. The van der Waals surface area contributed by atoms with E-state index in [-0.39, 0.29) is 5.91 Å². The molecule has 1 N–H and O–H groups in total. The number of methoxy groups -OCH3 is 1. The molecule has 1 heterocycles. The molecule has 1 aromatic heterocycles. The first kappa shape index (κ1) is 19.1. The molecule has 0 aliphatic carbocycles. The van der Waals surface area contributed by atoms with Crippen LogP contribution in [0.2, 0.25) is 0 Å². The quantitative estimate of drug-likeness (QED) is 0.570. The van der Waals surface area contributed by atoms with Gasteiger partial charge in [0.1, 0.15) is 12.4 Å². The Balaban J connectivity index is 1.69. The number of halogens is 1. The number of nitrogens with zero attached hydrogens (tertiary/aromatic N) is 2. The average molecular weight is 430 g/mol. The third kappa shape index (κ3) is 4.75. The predicted octanol–water partition coefficient (Wildman–Crippen LogP) is 4.22. The Kier molecular flexibility index (Phi) is 6.26. The fourth-order valence-corrected chi connectivity index (χ4v) is 2.82. The molecule has 3 aromatic rings. The van der Waals surface area contributed by atoms with Gasteiger partial charge in [0, 0.05) is 17.3 Å². The number of rotatable bonds is 7. The van der Waals surface area contributed by atoms with Gasteiger partial charge in [-0.15, -0.1) is 0 Å². The van der Waals surface area contributed by atoms with E-state index >= 15 is 0 Å². The maximum Gasteiger partial charge on any atom is 0.259 e. The number of hydrogen-bond acceptors (Lipinski definition) is 4. The zero-order valence-electron chi connectivity index (χ0n) is 15.1. The number of nitrogens with one attached hydrogen (secondary N) is 1. The van der Waals surface area contributed by atoms with E-state index in [0.29, 0.717) is 24.5 Å². The Morgan fingerprint density at radius 2 is 1.81 bits per heavy atom. The lowest BCUT2D eigenvalue weighted by Crippen LogP contribution is -2.13. The van der Waals surface area contributed by atoms with Gasteiger partial charge in [-0.25, -0.2) is 4.68 Å². The predicted molar refractivity (Wildman–Crippen MR) is 108 cm³/mol. The van der Waals surface area contributed by atoms with Gasteiger partial charge in [-0.05, 0) is 55.5 Å². The highest BCUT2D eigenvalue weighted by atomic mass is 79.9. The van der Waals surface area contributed by atoms with Gasteiger partial charge >= 0.3 is 0 Å². The average Bonchev–Trinajstić information content (AvgIpc) is 3.05. The minimum absolute atomic E-state index is 0.205. The van der Waals surface area contributed by atoms with Crippen molar-refractivity contribution in [1.29, 1.82) is 0 Å². The molecule has 0 atom stereocenters. The van der Waals surface area contributed by atoms with Gasteiger partial charge in [0.25, 0.3) is 5.91 Å². The van der Waals surface area contributed by atoms with E-state index in [0.717, 1.165) is 21.6 Å². The van der Waals surface area contributed by atoms with E-state index in [1.54, 1.807) is 30.1 Å². The second kappa shape index (κ2) is 8.83. The van der Waals surface area contributed by atoms with Crippen molar-refractivity contribution < 1.29 is 14.3 Å². The van der Waals surface area contributed by atoms with Gasteiger partial charge in [0.15, 0.2) is 0 Å². The van der Waals surface area contributed by atoms with Gasteiger partial charge in [0.05, 0.1) is 29.7 Å². The van der Waals surface area contributed by atoms with Gasteiger partial charge in [-0.1, -0.05) is 15.9 Å². The third-order valence-electron chi connectivity index (χ3n) is 3.99. The van der Waals surface area contributed by atoms with Crippen LogP contribution in [0, 0.1) is 6.92 Å². The van der Waals surface area contributed by atoms with Crippen molar-refractivity contribution in [3.8, 4) is 11.4 Å². The van der Waals surface area contributed by atoms with E-state index < -0.39 is 0 Å². The Morgan fingerprint density at radius 1 is 1.11 bits per heavy atom. The van der Waals surface area contributed by atoms with Crippen molar-refractivity contribution in [2.45, 2.75) is 6.92 Å². The van der Waals surface area contributed by atoms with Crippen molar-refractivity contribution in [2.75, 3.05) is 25.6 Å². The van der Waals surface area contributed by atoms with Crippen LogP contribution in [0.3, 0.4) is 0 Å². The highest BCUT2D eigenvalue weighted by Gasteiger charge is 2.15. The topological polar surface area (TPSA) is 65.4 Å². The fourth-order valence-electron chi connectivity index (χ4n) is 2.55. The molecule has 7 heteroatoms. The Labute approximate surface area is 166 Å². The summed E-state index contributed by atoms with van der Waals surface area (Å²) in [6.45, 7) is 2.88. The van der Waals surface area contributed by atoms with E-state index in [9.17, 15) is 4.79 Å². The molecule has 0 bridgehead atoms. The summed E-state index contributed by atoms with van der Waals surface area (Å²) in [5, 5.41) is 7.23. The molecule has 6 nitrogen and oxygen atoms in total. The summed E-state index contributed by atoms with van der Waals surface area (Å²) < 4.78 is 13.2. The van der Waals surface area contributed by atoms with Gasteiger partial charge in [-0.2, -0.15) is 5.10 Å². The first-order valence-corrected chi connectivity index (χ1v) is 9.21. The smallest absolute Gasteiger partial charge is 0.259 e. The summed E-state index contributed by atoms with van der Waals surface area (Å²) in [5.41, 5.74) is 2.88. The fraction of sp³-hybridized carbons (Fsp3) is 0.200. The minimum atomic E-state index is -0.205. The van der Waals surface area contributed by atoms with Crippen LogP contribution in [-0.2, 0) is 4.74 Å². The van der Waals surface area contributed by atoms with Crippen molar-refractivity contribution in [3.05, 3.63) is 70.5 Å². The normalized spacial score (nSPS) is 10.6. The van der Waals surface area contributed by atoms with Crippen LogP contribution >= 0.6 is 15.9 Å². The third-order valence-corrected chi connectivity index (χ3v) is 4.52. The zero-order chi connectivity index (χ0) is 19.2. The highest BCUT2D eigenvalue weighted by molar-refractivity contribution is 9.10. The molecule has 0 aliphatic rings. The monoisotopic (exact) mass is 429 g/mol. The summed E-state index contributed by atoms with van der Waals surface area (Å²) in [6, 6.07) is 15.0. The standard InChI is InChI=1S/C20H20BrN3O3/c1-14-19(13-22-24(14)17-7-3-15(21)4-8-17)20(25)23-16-5-9-18(10-6-16)27-12-11-26-2/h3-10,13H,11-12H2,1-2H3,(H,23,25). The molecule has 0 saturated heterocycles. The van der Waals surface area contributed by atoms with Crippen LogP contribution in [0.4, 0.5) is 5.69 Å². The highest BCUT2D eigenvalue weighted by Crippen LogP contribution is 2.20. The molecule has 27 heavy (non-hydrogen) atoms. The first-order chi connectivity index (χ1) is 13.1. The van der Waals surface area contributed by atoms with Gasteiger partial charge in [-0.3, -0.25) is 4.79 Å². The molecule has 0 saturated carbocycles. The Bertz CT molecular complexity index is 905. The first-order valence-electron chi connectivity index (χ1n) is 8.42. The maximum atomic E-state index is 12.6. The number of carbonyl (C=O) groups is 1. The molecular weight excluding hydrogens is 410 g/mol. The van der Waals surface area contributed by atoms with E-state index in [4.69, 9.17) is 9.47 Å². The van der Waals surface area contributed by atoms with Crippen molar-refractivity contribution >= 4 is 27.5 Å². The van der Waals surface area contributed by atoms with Crippen molar-refractivity contribution in [3.63, 3.8) is 0 Å². The minimum Gasteiger partial charge on any atom is -0.491 e. The van der Waals surface area contributed by atoms with Gasteiger partial charge < -0.3 is 14.8 Å².